The van der Waals surface area contributed by atoms with Crippen molar-refractivity contribution < 1.29 is 32.6 Å². The number of fused-ring (bicyclic) bond motifs is 1. The Kier molecular flexibility index (Phi) is 12.6. The lowest BCUT2D eigenvalue weighted by Gasteiger charge is -2.46. The second-order valence-corrected chi connectivity index (χ2v) is 28.8. The van der Waals surface area contributed by atoms with Crippen molar-refractivity contribution in [3.63, 3.8) is 0 Å². The monoisotopic (exact) mass is 766 g/mol. The summed E-state index contributed by atoms with van der Waals surface area (Å²) in [5, 5.41) is 12.9. The van der Waals surface area contributed by atoms with E-state index in [1.165, 1.54) is 0 Å². The second kappa shape index (κ2) is 15.9. The van der Waals surface area contributed by atoms with Crippen molar-refractivity contribution >= 4 is 27.6 Å². The van der Waals surface area contributed by atoms with Crippen LogP contribution in [0.15, 0.2) is 47.1 Å². The van der Waals surface area contributed by atoms with E-state index in [-0.39, 0.29) is 34.3 Å². The van der Waals surface area contributed by atoms with E-state index in [1.54, 1.807) is 0 Å². The maximum absolute atomic E-state index is 11.8. The molecule has 1 N–H and O–H groups in total. The van der Waals surface area contributed by atoms with Gasteiger partial charge in [-0.25, -0.2) is 0 Å². The zero-order chi connectivity index (χ0) is 39.1. The molecule has 5 rings (SSSR count). The third kappa shape index (κ3) is 8.72. The first-order chi connectivity index (χ1) is 24.7. The average molecular weight is 767 g/mol. The molecular formula is C44H70O7Si2. The first kappa shape index (κ1) is 42.2. The van der Waals surface area contributed by atoms with E-state index < -0.39 is 28.5 Å². The van der Waals surface area contributed by atoms with Crippen molar-refractivity contribution in [3.8, 4) is 5.75 Å². The van der Waals surface area contributed by atoms with Crippen molar-refractivity contribution in [3.05, 3.63) is 64.9 Å². The molecule has 53 heavy (non-hydrogen) atoms. The highest BCUT2D eigenvalue weighted by Crippen LogP contribution is 2.55. The molecule has 2 saturated heterocycles. The van der Waals surface area contributed by atoms with Crippen LogP contribution in [0.5, 0.6) is 5.75 Å². The Bertz CT molecular complexity index is 1670. The predicted octanol–water partition coefficient (Wildman–Crippen LogP) is 11.7. The summed E-state index contributed by atoms with van der Waals surface area (Å²) in [6, 6.07) is 12.6. The van der Waals surface area contributed by atoms with Gasteiger partial charge in [-0.15, -0.1) is 0 Å². The number of hydrogen-bond donors (Lipinski definition) is 1. The molecule has 2 aliphatic rings. The minimum absolute atomic E-state index is 0.0170. The first-order valence-corrected chi connectivity index (χ1v) is 26.0. The Hall–Kier alpha value is -1.99. The molecule has 1 unspecified atom stereocenters. The Morgan fingerprint density at radius 2 is 1.60 bits per heavy atom. The minimum Gasteiger partial charge on any atom is -0.488 e. The highest BCUT2D eigenvalue weighted by Gasteiger charge is 2.70. The Morgan fingerprint density at radius 3 is 2.17 bits per heavy atom. The summed E-state index contributed by atoms with van der Waals surface area (Å²) >= 11 is 0. The van der Waals surface area contributed by atoms with E-state index in [2.05, 4.69) is 126 Å². The third-order valence-electron chi connectivity index (χ3n) is 12.7. The van der Waals surface area contributed by atoms with E-state index in [4.69, 9.17) is 27.5 Å². The lowest BCUT2D eigenvalue weighted by atomic mass is 9.80. The fourth-order valence-electron chi connectivity index (χ4n) is 7.47. The minimum atomic E-state index is -2.20. The summed E-state index contributed by atoms with van der Waals surface area (Å²) in [6.45, 7) is 32.5. The van der Waals surface area contributed by atoms with E-state index in [1.807, 2.05) is 12.3 Å². The molecule has 3 aromatic rings. The summed E-state index contributed by atoms with van der Waals surface area (Å²) < 4.78 is 40.5. The largest absolute Gasteiger partial charge is 0.488 e. The van der Waals surface area contributed by atoms with Crippen LogP contribution in [0.25, 0.3) is 11.0 Å². The smallest absolute Gasteiger partial charge is 0.192 e. The maximum atomic E-state index is 11.8. The number of aliphatic hydroxyl groups excluding tert-OH is 1. The highest BCUT2D eigenvalue weighted by molar-refractivity contribution is 6.74. The molecule has 2 aliphatic heterocycles. The van der Waals surface area contributed by atoms with Crippen LogP contribution in [-0.2, 0) is 38.0 Å². The second-order valence-electron chi connectivity index (χ2n) is 19.2. The standard InChI is InChI=1S/C44H70O7Si2/c1-15-20-32(36-25-38(51-53(13,14)43(8,9)10)44(41(45)49-36)37(16-2)50-44)34-27-47-40-33(34)24-31(23-29(3)4)39(46-26-30-21-18-17-19-22-30)35(40)28-48-52(11,12)42(5,6)7/h17-19,21-22,24,27,29,32,36-38,41,45H,15-16,20,23,25-26,28H2,1-14H3/t32?,36-,37+,38-,41-,44-/m1/s1. The molecule has 6 atom stereocenters. The van der Waals surface area contributed by atoms with E-state index in [0.29, 0.717) is 25.6 Å². The van der Waals surface area contributed by atoms with Crippen LogP contribution in [-0.4, -0.2) is 51.9 Å². The molecule has 1 aromatic heterocycles. The van der Waals surface area contributed by atoms with Gasteiger partial charge in [0.1, 0.15) is 17.9 Å². The zero-order valence-corrected chi connectivity index (χ0v) is 37.4. The molecule has 0 amide bonds. The summed E-state index contributed by atoms with van der Waals surface area (Å²) in [5.41, 5.74) is 4.36. The van der Waals surface area contributed by atoms with Crippen LogP contribution in [0.4, 0.5) is 0 Å². The first-order valence-electron chi connectivity index (χ1n) is 20.2. The van der Waals surface area contributed by atoms with Crippen molar-refractivity contribution in [1.29, 1.82) is 0 Å². The van der Waals surface area contributed by atoms with Gasteiger partial charge in [0, 0.05) is 23.3 Å². The summed E-state index contributed by atoms with van der Waals surface area (Å²) in [4.78, 5) is 0. The number of epoxide rings is 1. The number of aliphatic hydroxyl groups is 1. The van der Waals surface area contributed by atoms with Gasteiger partial charge in [-0.05, 0) is 78.6 Å². The highest BCUT2D eigenvalue weighted by atomic mass is 28.4. The molecule has 0 saturated carbocycles. The average Bonchev–Trinajstić information content (AvgIpc) is 3.66. The van der Waals surface area contributed by atoms with Crippen LogP contribution in [0.3, 0.4) is 0 Å². The lowest BCUT2D eigenvalue weighted by Crippen LogP contribution is -2.58. The van der Waals surface area contributed by atoms with Gasteiger partial charge < -0.3 is 32.6 Å². The molecule has 2 fully saturated rings. The van der Waals surface area contributed by atoms with Gasteiger partial charge >= 0.3 is 0 Å². The predicted molar refractivity (Wildman–Crippen MR) is 221 cm³/mol. The van der Waals surface area contributed by atoms with E-state index in [0.717, 1.165) is 64.7 Å². The molecule has 0 radical (unpaired) electrons. The van der Waals surface area contributed by atoms with Gasteiger partial charge in [-0.3, -0.25) is 0 Å². The van der Waals surface area contributed by atoms with Crippen molar-refractivity contribution in [1.82, 2.24) is 0 Å². The molecule has 9 heteroatoms. The summed E-state index contributed by atoms with van der Waals surface area (Å²) in [6.07, 6.45) is 4.40. The molecule has 7 nitrogen and oxygen atoms in total. The van der Waals surface area contributed by atoms with Crippen LogP contribution in [0, 0.1) is 5.92 Å². The Balaban J connectivity index is 1.61. The normalized spacial score (nSPS) is 24.7. The topological polar surface area (TPSA) is 82.8 Å². The van der Waals surface area contributed by atoms with Crippen LogP contribution >= 0.6 is 0 Å². The molecule has 0 bridgehead atoms. The lowest BCUT2D eigenvalue weighted by molar-refractivity contribution is -0.234. The number of ether oxygens (including phenoxy) is 3. The molecule has 1 spiro atoms. The molecular weight excluding hydrogens is 697 g/mol. The molecule has 296 valence electrons. The number of furan rings is 1. The van der Waals surface area contributed by atoms with E-state index >= 15 is 0 Å². The van der Waals surface area contributed by atoms with Gasteiger partial charge in [-0.1, -0.05) is 106 Å². The summed E-state index contributed by atoms with van der Waals surface area (Å²) in [5.74, 6) is 1.26. The fourth-order valence-corrected chi connectivity index (χ4v) is 9.75. The number of benzene rings is 2. The van der Waals surface area contributed by atoms with Gasteiger partial charge in [0.05, 0.1) is 36.7 Å². The van der Waals surface area contributed by atoms with Gasteiger partial charge in [0.2, 0.25) is 0 Å². The quantitative estimate of drug-likeness (QED) is 0.122. The fraction of sp³-hybridized carbons (Fsp3) is 0.682. The van der Waals surface area contributed by atoms with Gasteiger partial charge in [0.25, 0.3) is 0 Å². The molecule has 2 aromatic carbocycles. The van der Waals surface area contributed by atoms with Crippen LogP contribution in [0.2, 0.25) is 36.3 Å². The summed E-state index contributed by atoms with van der Waals surface area (Å²) in [7, 11) is -4.33. The maximum Gasteiger partial charge on any atom is 0.192 e. The SMILES string of the molecule is CCCC(c1coc2c(CO[Si](C)(C)C(C)(C)C)c(OCc3ccccc3)c(CC(C)C)cc12)[C@H]1C[C@@H](O[Si](C)(C)C(C)(C)C)[C@@]2(O[C@H]2CC)[C@H](O)O1. The third-order valence-corrected chi connectivity index (χ3v) is 21.7. The van der Waals surface area contributed by atoms with Crippen molar-refractivity contribution in [2.75, 3.05) is 0 Å². The van der Waals surface area contributed by atoms with Crippen LogP contribution < -0.4 is 4.74 Å². The van der Waals surface area contributed by atoms with Gasteiger partial charge in [0.15, 0.2) is 28.5 Å². The van der Waals surface area contributed by atoms with Crippen LogP contribution in [0.1, 0.15) is 123 Å². The van der Waals surface area contributed by atoms with E-state index in [9.17, 15) is 5.11 Å². The van der Waals surface area contributed by atoms with Crippen molar-refractivity contribution in [2.45, 2.75) is 187 Å². The number of rotatable bonds is 15. The van der Waals surface area contributed by atoms with Crippen molar-refractivity contribution in [2.24, 2.45) is 5.92 Å². The Morgan fingerprint density at radius 1 is 0.943 bits per heavy atom. The zero-order valence-electron chi connectivity index (χ0n) is 35.4. The van der Waals surface area contributed by atoms with Gasteiger partial charge in [-0.2, -0.15) is 0 Å². The molecule has 3 heterocycles. The number of hydrogen-bond acceptors (Lipinski definition) is 7. The Labute approximate surface area is 322 Å². The molecule has 0 aliphatic carbocycles.